The first-order chi connectivity index (χ1) is 30.3. The molecule has 0 saturated carbocycles. The van der Waals surface area contributed by atoms with Crippen molar-refractivity contribution in [3.05, 3.63) is 212 Å². The first-order valence-electron chi connectivity index (χ1n) is 22.5. The van der Waals surface area contributed by atoms with Crippen LogP contribution in [0.5, 0.6) is 0 Å². The largest absolute Gasteiger partial charge is 0.311 e. The Labute approximate surface area is 316 Å². The van der Waals surface area contributed by atoms with E-state index in [4.69, 9.17) is 0 Å². The van der Waals surface area contributed by atoms with E-state index in [2.05, 4.69) is 0 Å². The summed E-state index contributed by atoms with van der Waals surface area (Å²) in [6, 6.07) is 34.7. The highest BCUT2D eigenvalue weighted by Gasteiger charge is 2.16. The molecule has 1 nitrogen and oxygen atoms in total. The highest BCUT2D eigenvalue weighted by atomic mass is 15.1. The van der Waals surface area contributed by atoms with E-state index in [0.29, 0.717) is 22.3 Å². The summed E-state index contributed by atoms with van der Waals surface area (Å²) in [5.74, 6) is 0. The van der Waals surface area contributed by atoms with Crippen LogP contribution in [0.25, 0.3) is 66.1 Å². The molecule has 0 fully saturated rings. The van der Waals surface area contributed by atoms with E-state index in [-0.39, 0.29) is 16.7 Å². The van der Waals surface area contributed by atoms with Gasteiger partial charge >= 0.3 is 0 Å². The van der Waals surface area contributed by atoms with Crippen molar-refractivity contribution >= 4 is 38.6 Å². The number of rotatable bonds is 7. The maximum absolute atomic E-state index is 9.65. The number of anilines is 3. The van der Waals surface area contributed by atoms with Gasteiger partial charge in [0.05, 0.1) is 16.4 Å². The van der Waals surface area contributed by atoms with Crippen LogP contribution < -0.4 is 4.90 Å². The molecule has 0 aliphatic heterocycles. The minimum absolute atomic E-state index is 0.0415. The molecule has 51 heavy (non-hydrogen) atoms. The smallest absolute Gasteiger partial charge is 0.0645 e. The molecule has 0 aliphatic carbocycles. The van der Waals surface area contributed by atoms with Gasteiger partial charge < -0.3 is 4.90 Å². The monoisotopic (exact) mass is 661 g/mol. The van der Waals surface area contributed by atoms with Crippen molar-refractivity contribution in [3.8, 4) is 44.5 Å². The second kappa shape index (κ2) is 13.3. The van der Waals surface area contributed by atoms with Gasteiger partial charge in [0.1, 0.15) is 0 Å². The van der Waals surface area contributed by atoms with Gasteiger partial charge in [-0.1, -0.05) is 170 Å². The highest BCUT2D eigenvalue weighted by Crippen LogP contribution is 2.41. The van der Waals surface area contributed by atoms with Crippen molar-refractivity contribution in [2.24, 2.45) is 0 Å². The molecule has 0 N–H and O–H groups in total. The summed E-state index contributed by atoms with van der Waals surface area (Å²) in [5, 5.41) is 3.38. The Kier molecular flexibility index (Phi) is 5.24. The Morgan fingerprint density at radius 3 is 1.41 bits per heavy atom. The summed E-state index contributed by atoms with van der Waals surface area (Å²) in [4.78, 5) is 0.851. The SMILES string of the molecule is [2H]c1c([2H])c(N(c2c([2H])c([2H])c(-c3ccc4ccccc4c3)c([2H])c2[2H])c2c([2H])c([2H])c(-c3ccc4ccccc4c3-c3ccccc3)c([2H])c2[2H])c([2H])c([2H])c1-c1ccccc1. The van der Waals surface area contributed by atoms with Gasteiger partial charge in [-0.2, -0.15) is 0 Å². The first-order valence-corrected chi connectivity index (χ1v) is 16.5. The maximum Gasteiger partial charge on any atom is 0.0645 e. The minimum Gasteiger partial charge on any atom is -0.311 e. The van der Waals surface area contributed by atoms with E-state index in [0.717, 1.165) is 32.0 Å². The molecule has 0 aliphatic rings. The van der Waals surface area contributed by atoms with Crippen LogP contribution in [0.4, 0.5) is 17.1 Å². The average Bonchev–Trinajstić information content (AvgIpc) is 3.30. The van der Waals surface area contributed by atoms with Crippen LogP contribution in [-0.4, -0.2) is 0 Å². The molecule has 0 aromatic heterocycles. The van der Waals surface area contributed by atoms with E-state index in [1.165, 1.54) is 0 Å². The lowest BCUT2D eigenvalue weighted by atomic mass is 9.90. The molecular formula is C50H35N. The van der Waals surface area contributed by atoms with Crippen LogP contribution in [-0.2, 0) is 0 Å². The molecule has 9 rings (SSSR count). The maximum atomic E-state index is 9.65. The Bertz CT molecular complexity index is 3230. The lowest BCUT2D eigenvalue weighted by molar-refractivity contribution is 1.28. The number of fused-ring (bicyclic) bond motifs is 2. The lowest BCUT2D eigenvalue weighted by Gasteiger charge is -2.26. The van der Waals surface area contributed by atoms with Gasteiger partial charge in [-0.3, -0.25) is 0 Å². The van der Waals surface area contributed by atoms with Crippen LogP contribution in [0.2, 0.25) is 0 Å². The molecule has 0 radical (unpaired) electrons. The molecule has 0 amide bonds. The topological polar surface area (TPSA) is 3.24 Å². The summed E-state index contributed by atoms with van der Waals surface area (Å²) < 4.78 is 113. The summed E-state index contributed by atoms with van der Waals surface area (Å²) in [6.07, 6.45) is 0. The third-order valence-corrected chi connectivity index (χ3v) is 8.87. The molecule has 0 spiro atoms. The molecule has 0 saturated heterocycles. The first kappa shape index (κ1) is 20.1. The minimum atomic E-state index is -0.669. The third kappa shape index (κ3) is 5.96. The lowest BCUT2D eigenvalue weighted by Crippen LogP contribution is -2.09. The molecule has 9 aromatic rings. The van der Waals surface area contributed by atoms with Crippen molar-refractivity contribution in [1.82, 2.24) is 0 Å². The zero-order chi connectivity index (χ0) is 44.4. The van der Waals surface area contributed by atoms with Crippen molar-refractivity contribution in [2.75, 3.05) is 4.90 Å². The predicted octanol–water partition coefficient (Wildman–Crippen LogP) is 14.1. The Balaban J connectivity index is 1.36. The van der Waals surface area contributed by atoms with Gasteiger partial charge in [-0.15, -0.1) is 0 Å². The molecule has 0 bridgehead atoms. The zero-order valence-corrected chi connectivity index (χ0v) is 27.2. The van der Waals surface area contributed by atoms with Gasteiger partial charge in [-0.05, 0) is 108 Å². The second-order valence-corrected chi connectivity index (χ2v) is 12.0. The van der Waals surface area contributed by atoms with Crippen molar-refractivity contribution in [1.29, 1.82) is 0 Å². The van der Waals surface area contributed by atoms with Crippen LogP contribution in [0.15, 0.2) is 212 Å². The summed E-state index contributed by atoms with van der Waals surface area (Å²) in [7, 11) is 0. The molecule has 9 aromatic carbocycles. The number of hydrogen-bond donors (Lipinski definition) is 0. The summed E-state index contributed by atoms with van der Waals surface area (Å²) in [5.41, 5.74) is 0.734. The van der Waals surface area contributed by atoms with Crippen molar-refractivity contribution < 1.29 is 16.4 Å². The van der Waals surface area contributed by atoms with Crippen LogP contribution in [0, 0.1) is 0 Å². The van der Waals surface area contributed by atoms with E-state index >= 15 is 0 Å². The zero-order valence-electron chi connectivity index (χ0n) is 39.2. The molecule has 1 heteroatoms. The average molecular weight is 662 g/mol. The van der Waals surface area contributed by atoms with Crippen LogP contribution >= 0.6 is 0 Å². The molecule has 0 heterocycles. The van der Waals surface area contributed by atoms with Crippen LogP contribution in [0.3, 0.4) is 0 Å². The van der Waals surface area contributed by atoms with E-state index in [1.54, 1.807) is 54.6 Å². The van der Waals surface area contributed by atoms with Crippen molar-refractivity contribution in [3.63, 3.8) is 0 Å². The summed E-state index contributed by atoms with van der Waals surface area (Å²) >= 11 is 0. The number of hydrogen-bond acceptors (Lipinski definition) is 1. The van der Waals surface area contributed by atoms with Gasteiger partial charge in [0.2, 0.25) is 0 Å². The van der Waals surface area contributed by atoms with E-state index in [9.17, 15) is 16.4 Å². The normalized spacial score (nSPS) is 14.4. The fraction of sp³-hybridized carbons (Fsp3) is 0. The van der Waals surface area contributed by atoms with Crippen LogP contribution in [0.1, 0.15) is 16.4 Å². The Morgan fingerprint density at radius 1 is 0.314 bits per heavy atom. The Hall–Kier alpha value is -6.70. The molecule has 0 unspecified atom stereocenters. The quantitative estimate of drug-likeness (QED) is 0.164. The highest BCUT2D eigenvalue weighted by molar-refractivity contribution is 6.04. The molecule has 240 valence electrons. The number of benzene rings is 9. The van der Waals surface area contributed by atoms with Gasteiger partial charge in [0.25, 0.3) is 0 Å². The van der Waals surface area contributed by atoms with E-state index in [1.807, 2.05) is 84.9 Å². The predicted molar refractivity (Wildman–Crippen MR) is 218 cm³/mol. The Morgan fingerprint density at radius 2 is 0.784 bits per heavy atom. The van der Waals surface area contributed by atoms with Crippen molar-refractivity contribution in [2.45, 2.75) is 0 Å². The number of nitrogens with zero attached hydrogens (tertiary/aromatic N) is 1. The van der Waals surface area contributed by atoms with Gasteiger partial charge in [0, 0.05) is 17.1 Å². The fourth-order valence-electron chi connectivity index (χ4n) is 6.36. The standard InChI is InChI=1S/C50H35N/c1-3-11-36(12-4-1)38-21-28-45(29-22-38)51(46-30-23-39(24-31-46)44-20-19-37-13-7-8-17-43(37)35-44)47-32-25-41(26-33-47)49-34-27-40-14-9-10-18-48(40)50(49)42-15-5-2-6-16-42/h1-35H/i21D,22D,23D,24D,25D,26D,28D,29D,30D,31D,32D,33D. The molecular weight excluding hydrogens is 615 g/mol. The second-order valence-electron chi connectivity index (χ2n) is 12.0. The fourth-order valence-corrected chi connectivity index (χ4v) is 6.36. The third-order valence-electron chi connectivity index (χ3n) is 8.87. The van der Waals surface area contributed by atoms with Gasteiger partial charge in [0.15, 0.2) is 0 Å². The molecule has 0 atom stereocenters. The summed E-state index contributed by atoms with van der Waals surface area (Å²) in [6.45, 7) is 0. The van der Waals surface area contributed by atoms with E-state index < -0.39 is 89.6 Å². The van der Waals surface area contributed by atoms with Gasteiger partial charge in [-0.25, -0.2) is 0 Å².